The van der Waals surface area contributed by atoms with Crippen LogP contribution in [0.15, 0.2) is 72.9 Å². The van der Waals surface area contributed by atoms with Gasteiger partial charge in [0.1, 0.15) is 0 Å². The van der Waals surface area contributed by atoms with Gasteiger partial charge in [-0.3, -0.25) is 15.1 Å². The number of nitro benzene ring substituents is 1. The smallest absolute Gasteiger partial charge is 0.273 e. The number of pyridine rings is 1. The van der Waals surface area contributed by atoms with Gasteiger partial charge in [-0.1, -0.05) is 54.1 Å². The molecule has 0 bridgehead atoms. The van der Waals surface area contributed by atoms with Crippen LogP contribution in [0.3, 0.4) is 0 Å². The van der Waals surface area contributed by atoms with E-state index in [1.54, 1.807) is 18.3 Å². The molecular weight excluding hydrogens is 314 g/mol. The minimum Gasteiger partial charge on any atom is -0.301 e. The molecule has 1 aromatic heterocycles. The second kappa shape index (κ2) is 7.68. The minimum atomic E-state index is -0.349. The fourth-order valence-electron chi connectivity index (χ4n) is 2.75. The number of benzene rings is 2. The second-order valence-electron chi connectivity index (χ2n) is 5.87. The first-order valence-corrected chi connectivity index (χ1v) is 8.08. The number of nitro groups is 1. The molecule has 0 aliphatic heterocycles. The van der Waals surface area contributed by atoms with Crippen LogP contribution in [0, 0.1) is 17.0 Å². The first-order chi connectivity index (χ1) is 12.1. The first kappa shape index (κ1) is 16.8. The van der Waals surface area contributed by atoms with Crippen molar-refractivity contribution in [1.29, 1.82) is 0 Å². The monoisotopic (exact) mass is 333 g/mol. The number of hydrogen-bond acceptors (Lipinski definition) is 4. The average Bonchev–Trinajstić information content (AvgIpc) is 2.64. The van der Waals surface area contributed by atoms with E-state index < -0.39 is 0 Å². The molecule has 3 aromatic rings. The molecule has 1 atom stereocenters. The van der Waals surface area contributed by atoms with Gasteiger partial charge in [-0.15, -0.1) is 0 Å². The summed E-state index contributed by atoms with van der Waals surface area (Å²) in [5, 5.41) is 14.6. The highest BCUT2D eigenvalue weighted by Gasteiger charge is 2.18. The van der Waals surface area contributed by atoms with E-state index in [0.717, 1.165) is 11.3 Å². The maximum Gasteiger partial charge on any atom is 0.273 e. The maximum atomic E-state index is 11.2. The molecule has 0 spiro atoms. The van der Waals surface area contributed by atoms with Crippen molar-refractivity contribution in [3.63, 3.8) is 0 Å². The van der Waals surface area contributed by atoms with E-state index in [1.165, 1.54) is 11.6 Å². The number of rotatable bonds is 6. The number of para-hydroxylation sites is 1. The van der Waals surface area contributed by atoms with Crippen molar-refractivity contribution in [2.75, 3.05) is 0 Å². The largest absolute Gasteiger partial charge is 0.301 e. The normalized spacial score (nSPS) is 11.9. The Morgan fingerprint density at radius 1 is 1.04 bits per heavy atom. The molecule has 0 aliphatic rings. The summed E-state index contributed by atoms with van der Waals surface area (Å²) in [5.41, 5.74) is 3.91. The van der Waals surface area contributed by atoms with E-state index in [-0.39, 0.29) is 16.7 Å². The van der Waals surface area contributed by atoms with Crippen LogP contribution >= 0.6 is 0 Å². The van der Waals surface area contributed by atoms with Crippen molar-refractivity contribution in [1.82, 2.24) is 10.3 Å². The van der Waals surface area contributed by atoms with Gasteiger partial charge in [0.15, 0.2) is 0 Å². The highest BCUT2D eigenvalue weighted by Crippen LogP contribution is 2.23. The number of hydrogen-bond donors (Lipinski definition) is 1. The van der Waals surface area contributed by atoms with E-state index in [2.05, 4.69) is 34.6 Å². The second-order valence-corrected chi connectivity index (χ2v) is 5.87. The lowest BCUT2D eigenvalue weighted by Crippen LogP contribution is -2.23. The Kier molecular flexibility index (Phi) is 5.16. The van der Waals surface area contributed by atoms with Crippen LogP contribution in [-0.4, -0.2) is 9.91 Å². The zero-order valence-corrected chi connectivity index (χ0v) is 13.9. The van der Waals surface area contributed by atoms with Gasteiger partial charge in [0, 0.05) is 24.4 Å². The van der Waals surface area contributed by atoms with Gasteiger partial charge in [0.2, 0.25) is 0 Å². The number of aromatic nitrogens is 1. The molecule has 5 nitrogen and oxygen atoms in total. The summed E-state index contributed by atoms with van der Waals surface area (Å²) in [6.07, 6.45) is 1.75. The highest BCUT2D eigenvalue weighted by atomic mass is 16.6. The zero-order chi connectivity index (χ0) is 17.6. The molecule has 5 heteroatoms. The molecule has 1 unspecified atom stereocenters. The summed E-state index contributed by atoms with van der Waals surface area (Å²) in [4.78, 5) is 15.3. The molecule has 0 amide bonds. The summed E-state index contributed by atoms with van der Waals surface area (Å²) in [7, 11) is 0. The number of nitrogens with one attached hydrogen (secondary N) is 1. The maximum absolute atomic E-state index is 11.2. The summed E-state index contributed by atoms with van der Waals surface area (Å²) >= 11 is 0. The predicted molar refractivity (Wildman–Crippen MR) is 97.2 cm³/mol. The lowest BCUT2D eigenvalue weighted by atomic mass is 10.0. The molecule has 25 heavy (non-hydrogen) atoms. The van der Waals surface area contributed by atoms with Crippen molar-refractivity contribution in [3.8, 4) is 0 Å². The van der Waals surface area contributed by atoms with Crippen LogP contribution in [0.4, 0.5) is 5.69 Å². The van der Waals surface area contributed by atoms with Gasteiger partial charge < -0.3 is 5.32 Å². The van der Waals surface area contributed by atoms with Gasteiger partial charge in [-0.25, -0.2) is 0 Å². The van der Waals surface area contributed by atoms with Crippen LogP contribution in [0.5, 0.6) is 0 Å². The van der Waals surface area contributed by atoms with Crippen LogP contribution in [0.25, 0.3) is 0 Å². The summed E-state index contributed by atoms with van der Waals surface area (Å²) in [5.74, 6) is 0. The molecule has 1 heterocycles. The standard InChI is InChI=1S/C20H19N3O2/c1-15-9-11-16(12-10-15)20(18-7-4-5-13-21-18)22-14-17-6-2-3-8-19(17)23(24)25/h2-13,20,22H,14H2,1H3. The number of aryl methyl sites for hydroxylation is 1. The Morgan fingerprint density at radius 2 is 1.76 bits per heavy atom. The van der Waals surface area contributed by atoms with Crippen LogP contribution in [0.1, 0.15) is 28.4 Å². The molecule has 0 fully saturated rings. The SMILES string of the molecule is Cc1ccc(C(NCc2ccccc2[N+](=O)[O-])c2ccccn2)cc1. The molecular formula is C20H19N3O2. The Bertz CT molecular complexity index is 848. The Labute approximate surface area is 146 Å². The van der Waals surface area contributed by atoms with Gasteiger partial charge in [0.25, 0.3) is 5.69 Å². The Hall–Kier alpha value is -3.05. The third-order valence-corrected chi connectivity index (χ3v) is 4.08. The first-order valence-electron chi connectivity index (χ1n) is 8.08. The fourth-order valence-corrected chi connectivity index (χ4v) is 2.75. The zero-order valence-electron chi connectivity index (χ0n) is 13.9. The lowest BCUT2D eigenvalue weighted by Gasteiger charge is -2.19. The molecule has 0 radical (unpaired) electrons. The topological polar surface area (TPSA) is 68.1 Å². The van der Waals surface area contributed by atoms with E-state index in [1.807, 2.05) is 31.2 Å². The third kappa shape index (κ3) is 4.08. The fraction of sp³-hybridized carbons (Fsp3) is 0.150. The lowest BCUT2D eigenvalue weighted by molar-refractivity contribution is -0.385. The van der Waals surface area contributed by atoms with Crippen molar-refractivity contribution >= 4 is 5.69 Å². The van der Waals surface area contributed by atoms with Gasteiger partial charge in [0.05, 0.1) is 16.7 Å². The minimum absolute atomic E-state index is 0.124. The predicted octanol–water partition coefficient (Wildman–Crippen LogP) is 4.18. The van der Waals surface area contributed by atoms with Crippen molar-refractivity contribution in [2.45, 2.75) is 19.5 Å². The molecule has 2 aromatic carbocycles. The van der Waals surface area contributed by atoms with Crippen molar-refractivity contribution < 1.29 is 4.92 Å². The quantitative estimate of drug-likeness (QED) is 0.543. The molecule has 0 aliphatic carbocycles. The Morgan fingerprint density at radius 3 is 2.44 bits per heavy atom. The molecule has 126 valence electrons. The average molecular weight is 333 g/mol. The summed E-state index contributed by atoms with van der Waals surface area (Å²) in [6.45, 7) is 2.42. The van der Waals surface area contributed by atoms with E-state index in [4.69, 9.17) is 0 Å². The summed E-state index contributed by atoms with van der Waals surface area (Å²) < 4.78 is 0. The van der Waals surface area contributed by atoms with E-state index in [9.17, 15) is 10.1 Å². The third-order valence-electron chi connectivity index (χ3n) is 4.08. The van der Waals surface area contributed by atoms with Gasteiger partial charge in [-0.05, 0) is 24.6 Å². The molecule has 0 saturated heterocycles. The van der Waals surface area contributed by atoms with Crippen molar-refractivity contribution in [3.05, 3.63) is 105 Å². The molecule has 3 rings (SSSR count). The van der Waals surface area contributed by atoms with Gasteiger partial charge >= 0.3 is 0 Å². The van der Waals surface area contributed by atoms with Crippen molar-refractivity contribution in [2.24, 2.45) is 0 Å². The number of nitrogens with zero attached hydrogens (tertiary/aromatic N) is 2. The van der Waals surface area contributed by atoms with Crippen LogP contribution in [-0.2, 0) is 6.54 Å². The Balaban J connectivity index is 1.89. The highest BCUT2D eigenvalue weighted by molar-refractivity contribution is 5.40. The summed E-state index contributed by atoms with van der Waals surface area (Å²) in [6, 6.07) is 20.6. The van der Waals surface area contributed by atoms with Crippen LogP contribution < -0.4 is 5.32 Å². The van der Waals surface area contributed by atoms with E-state index in [0.29, 0.717) is 12.1 Å². The van der Waals surface area contributed by atoms with Crippen LogP contribution in [0.2, 0.25) is 0 Å². The van der Waals surface area contributed by atoms with E-state index >= 15 is 0 Å². The molecule has 0 saturated carbocycles. The van der Waals surface area contributed by atoms with Gasteiger partial charge in [-0.2, -0.15) is 0 Å². The molecule has 1 N–H and O–H groups in total.